The lowest BCUT2D eigenvalue weighted by Crippen LogP contribution is -2.31. The van der Waals surface area contributed by atoms with E-state index in [2.05, 4.69) is 10.2 Å². The molecule has 0 bridgehead atoms. The molecule has 27 heavy (non-hydrogen) atoms. The van der Waals surface area contributed by atoms with Crippen molar-refractivity contribution in [3.63, 3.8) is 0 Å². The average Bonchev–Trinajstić information content (AvgIpc) is 3.20. The minimum Gasteiger partial charge on any atom is -0.497 e. The van der Waals surface area contributed by atoms with Crippen LogP contribution in [0.15, 0.2) is 42.5 Å². The molecule has 1 atom stereocenters. The van der Waals surface area contributed by atoms with Gasteiger partial charge in [0.05, 0.1) is 14.2 Å². The minimum absolute atomic E-state index is 0.0416. The lowest BCUT2D eigenvalue weighted by atomic mass is 10.1. The molecular formula is C21H27N3O3. The van der Waals surface area contributed by atoms with Gasteiger partial charge in [0.25, 0.3) is 5.91 Å². The van der Waals surface area contributed by atoms with E-state index in [0.717, 1.165) is 42.3 Å². The summed E-state index contributed by atoms with van der Waals surface area (Å²) in [6.45, 7) is 2.98. The van der Waals surface area contributed by atoms with E-state index in [1.54, 1.807) is 14.2 Å². The van der Waals surface area contributed by atoms with E-state index in [1.165, 1.54) is 0 Å². The second kappa shape index (κ2) is 8.77. The van der Waals surface area contributed by atoms with Crippen LogP contribution in [0.2, 0.25) is 0 Å². The molecular weight excluding hydrogens is 342 g/mol. The number of hydrogen-bond acceptors (Lipinski definition) is 5. The van der Waals surface area contributed by atoms with Gasteiger partial charge in [-0.05, 0) is 30.0 Å². The standard InChI is InChI=1S/C21H27N3O3/c1-26-19-9-18(10-20(11-19)27-2)24-8-7-16(14-24)13-23-21(25)17-5-3-15(12-22)4-6-17/h3-6,9-11,16H,7-8,12-14,22H2,1-2H3,(H,23,25). The van der Waals surface area contributed by atoms with Gasteiger partial charge in [-0.2, -0.15) is 0 Å². The van der Waals surface area contributed by atoms with E-state index >= 15 is 0 Å². The third kappa shape index (κ3) is 4.71. The summed E-state index contributed by atoms with van der Waals surface area (Å²) < 4.78 is 10.7. The van der Waals surface area contributed by atoms with Gasteiger partial charge < -0.3 is 25.4 Å². The Morgan fingerprint density at radius 3 is 2.41 bits per heavy atom. The van der Waals surface area contributed by atoms with Crippen molar-refractivity contribution >= 4 is 11.6 Å². The van der Waals surface area contributed by atoms with Crippen molar-refractivity contribution in [2.75, 3.05) is 38.8 Å². The van der Waals surface area contributed by atoms with Crippen LogP contribution in [0.5, 0.6) is 11.5 Å². The molecule has 0 aliphatic carbocycles. The van der Waals surface area contributed by atoms with Crippen LogP contribution < -0.4 is 25.4 Å². The van der Waals surface area contributed by atoms with Crippen molar-refractivity contribution in [1.82, 2.24) is 5.32 Å². The van der Waals surface area contributed by atoms with Crippen molar-refractivity contribution in [3.8, 4) is 11.5 Å². The molecule has 2 aromatic rings. The van der Waals surface area contributed by atoms with E-state index in [0.29, 0.717) is 24.6 Å². The highest BCUT2D eigenvalue weighted by Gasteiger charge is 2.24. The Labute approximate surface area is 160 Å². The molecule has 144 valence electrons. The summed E-state index contributed by atoms with van der Waals surface area (Å²) in [5.74, 6) is 1.93. The molecule has 1 aliphatic heterocycles. The van der Waals surface area contributed by atoms with Crippen LogP contribution in [0.4, 0.5) is 5.69 Å². The number of ether oxygens (including phenoxy) is 2. The van der Waals surface area contributed by atoms with Crippen molar-refractivity contribution in [2.24, 2.45) is 11.7 Å². The number of methoxy groups -OCH3 is 2. The number of nitrogens with one attached hydrogen (secondary N) is 1. The first-order valence-electron chi connectivity index (χ1n) is 9.18. The Morgan fingerprint density at radius 2 is 1.81 bits per heavy atom. The molecule has 0 aromatic heterocycles. The first kappa shape index (κ1) is 19.0. The van der Waals surface area contributed by atoms with Gasteiger partial charge >= 0.3 is 0 Å². The molecule has 1 heterocycles. The van der Waals surface area contributed by atoms with Gasteiger partial charge in [-0.25, -0.2) is 0 Å². The van der Waals surface area contributed by atoms with E-state index in [1.807, 2.05) is 42.5 Å². The molecule has 0 saturated carbocycles. The van der Waals surface area contributed by atoms with Crippen LogP contribution >= 0.6 is 0 Å². The molecule has 1 fully saturated rings. The summed E-state index contributed by atoms with van der Waals surface area (Å²) in [4.78, 5) is 14.6. The van der Waals surface area contributed by atoms with Gasteiger partial charge in [-0.3, -0.25) is 4.79 Å². The second-order valence-electron chi connectivity index (χ2n) is 6.78. The maximum atomic E-state index is 12.3. The minimum atomic E-state index is -0.0416. The zero-order chi connectivity index (χ0) is 19.2. The number of anilines is 1. The topological polar surface area (TPSA) is 76.8 Å². The van der Waals surface area contributed by atoms with E-state index in [-0.39, 0.29) is 5.91 Å². The molecule has 6 heteroatoms. The third-order valence-corrected chi connectivity index (χ3v) is 4.99. The molecule has 1 aliphatic rings. The van der Waals surface area contributed by atoms with E-state index < -0.39 is 0 Å². The Bertz CT molecular complexity index is 754. The van der Waals surface area contributed by atoms with Crippen molar-refractivity contribution in [3.05, 3.63) is 53.6 Å². The summed E-state index contributed by atoms with van der Waals surface area (Å²) >= 11 is 0. The number of carbonyl (C=O) groups excluding carboxylic acids is 1. The average molecular weight is 369 g/mol. The predicted molar refractivity (Wildman–Crippen MR) is 107 cm³/mol. The van der Waals surface area contributed by atoms with Crippen LogP contribution in [-0.2, 0) is 6.54 Å². The zero-order valence-corrected chi connectivity index (χ0v) is 15.9. The van der Waals surface area contributed by atoms with Gasteiger partial charge in [0, 0.05) is 55.6 Å². The fraction of sp³-hybridized carbons (Fsp3) is 0.381. The number of rotatable bonds is 7. The molecule has 1 unspecified atom stereocenters. The fourth-order valence-electron chi connectivity index (χ4n) is 3.34. The number of nitrogens with zero attached hydrogens (tertiary/aromatic N) is 1. The van der Waals surface area contributed by atoms with Gasteiger partial charge in [0.1, 0.15) is 11.5 Å². The SMILES string of the molecule is COc1cc(OC)cc(N2CCC(CNC(=O)c3ccc(CN)cc3)C2)c1. The lowest BCUT2D eigenvalue weighted by Gasteiger charge is -2.20. The quantitative estimate of drug-likeness (QED) is 0.784. The second-order valence-corrected chi connectivity index (χ2v) is 6.78. The van der Waals surface area contributed by atoms with E-state index in [4.69, 9.17) is 15.2 Å². The van der Waals surface area contributed by atoms with E-state index in [9.17, 15) is 4.79 Å². The molecule has 1 saturated heterocycles. The first-order chi connectivity index (χ1) is 13.1. The summed E-state index contributed by atoms with van der Waals surface area (Å²) in [5.41, 5.74) is 8.36. The maximum absolute atomic E-state index is 12.3. The van der Waals surface area contributed by atoms with Crippen molar-refractivity contribution < 1.29 is 14.3 Å². The monoisotopic (exact) mass is 369 g/mol. The largest absolute Gasteiger partial charge is 0.497 e. The number of amides is 1. The number of nitrogens with two attached hydrogens (primary N) is 1. The van der Waals surface area contributed by atoms with Crippen LogP contribution in [0.3, 0.4) is 0 Å². The highest BCUT2D eigenvalue weighted by atomic mass is 16.5. The summed E-state index contributed by atoms with van der Waals surface area (Å²) in [5, 5.41) is 3.05. The Balaban J connectivity index is 1.56. The van der Waals surface area contributed by atoms with Crippen LogP contribution in [0.1, 0.15) is 22.3 Å². The smallest absolute Gasteiger partial charge is 0.251 e. The molecule has 2 aromatic carbocycles. The molecule has 0 spiro atoms. The maximum Gasteiger partial charge on any atom is 0.251 e. The molecule has 3 N–H and O–H groups in total. The number of hydrogen-bond donors (Lipinski definition) is 2. The zero-order valence-electron chi connectivity index (χ0n) is 15.9. The Morgan fingerprint density at radius 1 is 1.15 bits per heavy atom. The normalized spacial score (nSPS) is 16.3. The number of benzene rings is 2. The predicted octanol–water partition coefficient (Wildman–Crippen LogP) is 2.42. The molecule has 3 rings (SSSR count). The Kier molecular flexibility index (Phi) is 6.19. The van der Waals surface area contributed by atoms with Crippen molar-refractivity contribution in [2.45, 2.75) is 13.0 Å². The highest BCUT2D eigenvalue weighted by Crippen LogP contribution is 2.31. The van der Waals surface area contributed by atoms with Crippen molar-refractivity contribution in [1.29, 1.82) is 0 Å². The Hall–Kier alpha value is -2.73. The van der Waals surface area contributed by atoms with Crippen LogP contribution in [-0.4, -0.2) is 39.8 Å². The molecule has 1 amide bonds. The lowest BCUT2D eigenvalue weighted by molar-refractivity contribution is 0.0948. The first-order valence-corrected chi connectivity index (χ1v) is 9.18. The summed E-state index contributed by atoms with van der Waals surface area (Å²) in [6, 6.07) is 13.3. The van der Waals surface area contributed by atoms with Gasteiger partial charge in [0.15, 0.2) is 0 Å². The summed E-state index contributed by atoms with van der Waals surface area (Å²) in [7, 11) is 3.31. The van der Waals surface area contributed by atoms with Gasteiger partial charge in [-0.1, -0.05) is 12.1 Å². The summed E-state index contributed by atoms with van der Waals surface area (Å²) in [6.07, 6.45) is 1.03. The molecule has 0 radical (unpaired) electrons. The number of carbonyl (C=O) groups is 1. The fourth-order valence-corrected chi connectivity index (χ4v) is 3.34. The highest BCUT2D eigenvalue weighted by molar-refractivity contribution is 5.94. The third-order valence-electron chi connectivity index (χ3n) is 4.99. The van der Waals surface area contributed by atoms with Gasteiger partial charge in [0.2, 0.25) is 0 Å². The van der Waals surface area contributed by atoms with Crippen LogP contribution in [0.25, 0.3) is 0 Å². The van der Waals surface area contributed by atoms with Crippen LogP contribution in [0, 0.1) is 5.92 Å². The molecule has 6 nitrogen and oxygen atoms in total. The van der Waals surface area contributed by atoms with Gasteiger partial charge in [-0.15, -0.1) is 0 Å².